The first-order chi connectivity index (χ1) is 16.9. The van der Waals surface area contributed by atoms with Gasteiger partial charge in [-0.1, -0.05) is 35.9 Å². The van der Waals surface area contributed by atoms with E-state index in [-0.39, 0.29) is 30.4 Å². The average molecular weight is 493 g/mol. The number of amides is 2. The Morgan fingerprint density at radius 1 is 1.20 bits per heavy atom. The van der Waals surface area contributed by atoms with Crippen LogP contribution >= 0.6 is 11.6 Å². The van der Waals surface area contributed by atoms with Crippen LogP contribution in [-0.4, -0.2) is 43.1 Å². The lowest BCUT2D eigenvalue weighted by atomic mass is 9.93. The molecule has 2 aliphatic heterocycles. The molecule has 0 bridgehead atoms. The Morgan fingerprint density at radius 3 is 2.69 bits per heavy atom. The van der Waals surface area contributed by atoms with E-state index in [1.807, 2.05) is 24.3 Å². The predicted molar refractivity (Wildman–Crippen MR) is 131 cm³/mol. The number of methoxy groups -OCH3 is 1. The molecule has 0 radical (unpaired) electrons. The van der Waals surface area contributed by atoms with Crippen molar-refractivity contribution in [1.29, 1.82) is 5.26 Å². The second-order valence-electron chi connectivity index (χ2n) is 8.32. The molecule has 35 heavy (non-hydrogen) atoms. The summed E-state index contributed by atoms with van der Waals surface area (Å²) in [7, 11) is 1.53. The molecule has 4 rings (SSSR count). The molecule has 2 heterocycles. The van der Waals surface area contributed by atoms with E-state index in [2.05, 4.69) is 0 Å². The number of carbonyl (C=O) groups is 2. The quantitative estimate of drug-likeness (QED) is 0.411. The molecular weight excluding hydrogens is 468 g/mol. The summed E-state index contributed by atoms with van der Waals surface area (Å²) in [6.07, 6.45) is 3.10. The maximum absolute atomic E-state index is 13.3. The Kier molecular flexibility index (Phi) is 7.54. The average Bonchev–Trinajstić information content (AvgIpc) is 3.38. The molecule has 0 N–H and O–H groups in total. The van der Waals surface area contributed by atoms with Crippen molar-refractivity contribution in [1.82, 2.24) is 4.90 Å². The second kappa shape index (κ2) is 10.8. The zero-order valence-electron chi connectivity index (χ0n) is 19.5. The van der Waals surface area contributed by atoms with Crippen LogP contribution in [-0.2, 0) is 20.9 Å². The predicted octanol–water partition coefficient (Wildman–Crippen LogP) is 4.70. The molecule has 0 aromatic heterocycles. The minimum atomic E-state index is -0.580. The third kappa shape index (κ3) is 5.24. The van der Waals surface area contributed by atoms with Crippen LogP contribution < -0.4 is 9.47 Å². The van der Waals surface area contributed by atoms with Crippen LogP contribution in [0.2, 0.25) is 5.02 Å². The summed E-state index contributed by atoms with van der Waals surface area (Å²) in [5.41, 5.74) is 2.10. The summed E-state index contributed by atoms with van der Waals surface area (Å²) in [6.45, 7) is 2.62. The number of hydrogen-bond acceptors (Lipinski definition) is 6. The van der Waals surface area contributed by atoms with E-state index in [0.29, 0.717) is 34.3 Å². The molecular formula is C27H25ClN2O5. The normalized spacial score (nSPS) is 19.3. The van der Waals surface area contributed by atoms with Crippen molar-refractivity contribution in [3.63, 3.8) is 0 Å². The fraction of sp³-hybridized carbons (Fsp3) is 0.296. The molecule has 0 aliphatic carbocycles. The van der Waals surface area contributed by atoms with Crippen LogP contribution in [0, 0.1) is 11.3 Å². The number of nitrogens with zero attached hydrogens (tertiary/aromatic N) is 2. The molecule has 0 spiro atoms. The van der Waals surface area contributed by atoms with Crippen LogP contribution in [0.3, 0.4) is 0 Å². The summed E-state index contributed by atoms with van der Waals surface area (Å²) < 4.78 is 17.0. The van der Waals surface area contributed by atoms with Crippen molar-refractivity contribution in [2.75, 3.05) is 20.3 Å². The van der Waals surface area contributed by atoms with Gasteiger partial charge < -0.3 is 14.2 Å². The lowest BCUT2D eigenvalue weighted by Crippen LogP contribution is -2.46. The zero-order chi connectivity index (χ0) is 24.9. The molecule has 7 nitrogen and oxygen atoms in total. The number of rotatable bonds is 7. The van der Waals surface area contributed by atoms with Crippen LogP contribution in [0.1, 0.15) is 30.9 Å². The molecule has 180 valence electrons. The van der Waals surface area contributed by atoms with Gasteiger partial charge in [-0.15, -0.1) is 0 Å². The SMILES string of the molecule is COc1cc(/C=C2/C(=O)N(CC3CCCO3)C(=O)C(C#N)=C2C)ccc1OCc1ccccc1Cl. The van der Waals surface area contributed by atoms with Gasteiger partial charge in [0.2, 0.25) is 0 Å². The Morgan fingerprint density at radius 2 is 2.00 bits per heavy atom. The Balaban J connectivity index is 1.61. The molecule has 1 fully saturated rings. The summed E-state index contributed by atoms with van der Waals surface area (Å²) in [5, 5.41) is 10.2. The lowest BCUT2D eigenvalue weighted by molar-refractivity contribution is -0.142. The van der Waals surface area contributed by atoms with Crippen molar-refractivity contribution < 1.29 is 23.8 Å². The highest BCUT2D eigenvalue weighted by molar-refractivity contribution is 6.31. The Labute approximate surface area is 209 Å². The van der Waals surface area contributed by atoms with E-state index < -0.39 is 11.8 Å². The highest BCUT2D eigenvalue weighted by Crippen LogP contribution is 2.33. The summed E-state index contributed by atoms with van der Waals surface area (Å²) in [6, 6.07) is 14.6. The molecule has 2 aromatic carbocycles. The Hall–Kier alpha value is -3.60. The molecule has 8 heteroatoms. The smallest absolute Gasteiger partial charge is 0.271 e. The number of hydrogen-bond donors (Lipinski definition) is 0. The van der Waals surface area contributed by atoms with Crippen LogP contribution in [0.5, 0.6) is 11.5 Å². The van der Waals surface area contributed by atoms with Crippen LogP contribution in [0.25, 0.3) is 6.08 Å². The summed E-state index contributed by atoms with van der Waals surface area (Å²) >= 11 is 6.21. The maximum Gasteiger partial charge on any atom is 0.271 e. The lowest BCUT2D eigenvalue weighted by Gasteiger charge is -2.29. The van der Waals surface area contributed by atoms with Gasteiger partial charge in [-0.2, -0.15) is 5.26 Å². The fourth-order valence-corrected chi connectivity index (χ4v) is 4.31. The van der Waals surface area contributed by atoms with Gasteiger partial charge in [-0.05, 0) is 55.2 Å². The van der Waals surface area contributed by atoms with Crippen molar-refractivity contribution in [3.8, 4) is 17.6 Å². The van der Waals surface area contributed by atoms with E-state index >= 15 is 0 Å². The van der Waals surface area contributed by atoms with Gasteiger partial charge in [-0.3, -0.25) is 14.5 Å². The van der Waals surface area contributed by atoms with Gasteiger partial charge in [0, 0.05) is 22.8 Å². The van der Waals surface area contributed by atoms with E-state index in [4.69, 9.17) is 25.8 Å². The van der Waals surface area contributed by atoms with Crippen LogP contribution in [0.15, 0.2) is 59.2 Å². The first-order valence-corrected chi connectivity index (χ1v) is 11.7. The number of benzene rings is 2. The molecule has 1 atom stereocenters. The minimum Gasteiger partial charge on any atom is -0.493 e. The second-order valence-corrected chi connectivity index (χ2v) is 8.72. The molecule has 2 aliphatic rings. The molecule has 2 aromatic rings. The maximum atomic E-state index is 13.3. The van der Waals surface area contributed by atoms with Gasteiger partial charge in [-0.25, -0.2) is 0 Å². The third-order valence-corrected chi connectivity index (χ3v) is 6.44. The number of carbonyl (C=O) groups excluding carboxylic acids is 2. The van der Waals surface area contributed by atoms with E-state index in [9.17, 15) is 14.9 Å². The first kappa shape index (κ1) is 24.5. The molecule has 1 saturated heterocycles. The minimum absolute atomic E-state index is 0.0412. The van der Waals surface area contributed by atoms with E-state index in [1.165, 1.54) is 7.11 Å². The number of nitriles is 1. The van der Waals surface area contributed by atoms with Crippen LogP contribution in [0.4, 0.5) is 0 Å². The highest BCUT2D eigenvalue weighted by Gasteiger charge is 2.37. The largest absolute Gasteiger partial charge is 0.493 e. The van der Waals surface area contributed by atoms with E-state index in [0.717, 1.165) is 23.3 Å². The monoisotopic (exact) mass is 492 g/mol. The first-order valence-electron chi connectivity index (χ1n) is 11.3. The standard InChI is InChI=1S/C27H25ClN2O5/c1-17-21(26(31)30(27(32)22(17)14-29)15-20-7-5-11-34-20)12-18-9-10-24(25(13-18)33-2)35-16-19-6-3-4-8-23(19)28/h3-4,6,8-10,12-13,20H,5,7,11,15-16H2,1-2H3/b21-12+. The van der Waals surface area contributed by atoms with Gasteiger partial charge in [0.05, 0.1) is 19.8 Å². The summed E-state index contributed by atoms with van der Waals surface area (Å²) in [5.74, 6) is -0.0302. The van der Waals surface area contributed by atoms with Gasteiger partial charge in [0.25, 0.3) is 11.8 Å². The zero-order valence-corrected chi connectivity index (χ0v) is 20.3. The number of ether oxygens (including phenoxy) is 3. The molecule has 2 amide bonds. The summed E-state index contributed by atoms with van der Waals surface area (Å²) in [4.78, 5) is 27.2. The van der Waals surface area contributed by atoms with Gasteiger partial charge >= 0.3 is 0 Å². The number of halogens is 1. The Bertz CT molecular complexity index is 1250. The van der Waals surface area contributed by atoms with Gasteiger partial charge in [0.15, 0.2) is 11.5 Å². The topological polar surface area (TPSA) is 88.9 Å². The fourth-order valence-electron chi connectivity index (χ4n) is 4.12. The van der Waals surface area contributed by atoms with Crippen molar-refractivity contribution in [2.24, 2.45) is 0 Å². The third-order valence-electron chi connectivity index (χ3n) is 6.08. The van der Waals surface area contributed by atoms with E-state index in [1.54, 1.807) is 37.3 Å². The molecule has 0 saturated carbocycles. The van der Waals surface area contributed by atoms with Gasteiger partial charge in [0.1, 0.15) is 18.2 Å². The number of imide groups is 1. The van der Waals surface area contributed by atoms with Crippen molar-refractivity contribution in [2.45, 2.75) is 32.5 Å². The molecule has 1 unspecified atom stereocenters. The highest BCUT2D eigenvalue weighted by atomic mass is 35.5. The van der Waals surface area contributed by atoms with Crippen molar-refractivity contribution >= 4 is 29.5 Å². The van der Waals surface area contributed by atoms with Crippen molar-refractivity contribution in [3.05, 3.63) is 75.3 Å².